The second kappa shape index (κ2) is 7.58. The predicted octanol–water partition coefficient (Wildman–Crippen LogP) is 4.87. The van der Waals surface area contributed by atoms with E-state index in [0.29, 0.717) is 16.5 Å². The Morgan fingerprint density at radius 1 is 1.48 bits per heavy atom. The van der Waals surface area contributed by atoms with Crippen LogP contribution in [0.2, 0.25) is 0 Å². The number of aryl methyl sites for hydroxylation is 1. The van der Waals surface area contributed by atoms with Crippen molar-refractivity contribution in [1.82, 2.24) is 9.97 Å². The lowest BCUT2D eigenvalue weighted by atomic mass is 9.89. The van der Waals surface area contributed by atoms with E-state index in [4.69, 9.17) is 5.26 Å². The molecule has 3 aromatic heterocycles. The summed E-state index contributed by atoms with van der Waals surface area (Å²) in [4.78, 5) is 24.0. The number of aromatic nitrogens is 2. The average Bonchev–Trinajstić information content (AvgIpc) is 3.25. The standard InChI is InChI=1S/C19H18N4OS3/c1-10-3-4-13-14(7-10)27-19-15(13)18(21-9-22-19)26-11(2)16(24)23-17-12(8-20)5-6-25-17/h5-6,9-11H,3-4,7H2,1-2H3,(H,23,24)/t10-,11+/m1/s1. The summed E-state index contributed by atoms with van der Waals surface area (Å²) in [6.45, 7) is 4.16. The van der Waals surface area contributed by atoms with Crippen molar-refractivity contribution < 1.29 is 4.79 Å². The predicted molar refractivity (Wildman–Crippen MR) is 112 cm³/mol. The molecular weight excluding hydrogens is 396 g/mol. The number of hydrogen-bond acceptors (Lipinski definition) is 7. The highest BCUT2D eigenvalue weighted by molar-refractivity contribution is 8.00. The molecule has 4 rings (SSSR count). The second-order valence-corrected chi connectivity index (χ2v) is 10.1. The third-order valence-corrected chi connectivity index (χ3v) is 7.83. The summed E-state index contributed by atoms with van der Waals surface area (Å²) in [5, 5.41) is 16.1. The van der Waals surface area contributed by atoms with E-state index in [0.717, 1.165) is 28.1 Å². The third-order valence-electron chi connectivity index (χ3n) is 4.74. The van der Waals surface area contributed by atoms with E-state index in [2.05, 4.69) is 28.3 Å². The van der Waals surface area contributed by atoms with Crippen LogP contribution in [0.15, 0.2) is 22.8 Å². The Kier molecular flexibility index (Phi) is 5.17. The van der Waals surface area contributed by atoms with Crippen LogP contribution in [-0.4, -0.2) is 21.1 Å². The van der Waals surface area contributed by atoms with E-state index >= 15 is 0 Å². The maximum Gasteiger partial charge on any atom is 0.238 e. The number of fused-ring (bicyclic) bond motifs is 3. The summed E-state index contributed by atoms with van der Waals surface area (Å²) in [5.41, 5.74) is 1.87. The molecule has 0 fully saturated rings. The highest BCUT2D eigenvalue weighted by Gasteiger charge is 2.25. The first-order valence-corrected chi connectivity index (χ1v) is 11.3. The number of amides is 1. The van der Waals surface area contributed by atoms with Crippen LogP contribution in [0.25, 0.3) is 10.2 Å². The Balaban J connectivity index is 1.58. The molecule has 0 saturated heterocycles. The molecule has 0 unspecified atom stereocenters. The Hall–Kier alpha value is -1.95. The number of nitrogens with zero attached hydrogens (tertiary/aromatic N) is 3. The summed E-state index contributed by atoms with van der Waals surface area (Å²) in [6, 6.07) is 3.81. The molecule has 2 atom stereocenters. The number of carbonyl (C=O) groups excluding carboxylic acids is 1. The van der Waals surface area contributed by atoms with Crippen molar-refractivity contribution in [3.8, 4) is 6.07 Å². The molecule has 8 heteroatoms. The topological polar surface area (TPSA) is 78.7 Å². The summed E-state index contributed by atoms with van der Waals surface area (Å²) < 4.78 is 0. The van der Waals surface area contributed by atoms with Crippen LogP contribution in [0.3, 0.4) is 0 Å². The lowest BCUT2D eigenvalue weighted by molar-refractivity contribution is -0.115. The normalized spacial score (nSPS) is 17.3. The van der Waals surface area contributed by atoms with Crippen molar-refractivity contribution in [2.75, 3.05) is 5.32 Å². The molecule has 138 valence electrons. The number of anilines is 1. The van der Waals surface area contributed by atoms with Crippen molar-refractivity contribution in [1.29, 1.82) is 5.26 Å². The molecule has 5 nitrogen and oxygen atoms in total. The molecule has 0 saturated carbocycles. The zero-order valence-corrected chi connectivity index (χ0v) is 17.4. The van der Waals surface area contributed by atoms with E-state index in [1.54, 1.807) is 29.1 Å². The van der Waals surface area contributed by atoms with Gasteiger partial charge in [-0.1, -0.05) is 18.7 Å². The van der Waals surface area contributed by atoms with Gasteiger partial charge in [0.1, 0.15) is 27.3 Å². The number of nitrogens with one attached hydrogen (secondary N) is 1. The van der Waals surface area contributed by atoms with Crippen LogP contribution >= 0.6 is 34.4 Å². The van der Waals surface area contributed by atoms with Gasteiger partial charge in [0.05, 0.1) is 10.8 Å². The first kappa shape index (κ1) is 18.4. The first-order valence-electron chi connectivity index (χ1n) is 8.77. The zero-order valence-electron chi connectivity index (χ0n) is 15.0. The van der Waals surface area contributed by atoms with Crippen LogP contribution in [-0.2, 0) is 17.6 Å². The van der Waals surface area contributed by atoms with E-state index < -0.39 is 0 Å². The van der Waals surface area contributed by atoms with Crippen molar-refractivity contribution in [2.45, 2.75) is 43.4 Å². The van der Waals surface area contributed by atoms with Gasteiger partial charge in [-0.2, -0.15) is 5.26 Å². The summed E-state index contributed by atoms with van der Waals surface area (Å²) in [7, 11) is 0. The molecule has 1 amide bonds. The molecule has 1 aliphatic rings. The minimum atomic E-state index is -0.324. The molecule has 1 N–H and O–H groups in total. The number of rotatable bonds is 4. The van der Waals surface area contributed by atoms with E-state index in [9.17, 15) is 4.79 Å². The lowest BCUT2D eigenvalue weighted by Gasteiger charge is -2.18. The molecule has 0 radical (unpaired) electrons. The average molecular weight is 415 g/mol. The number of carbonyl (C=O) groups is 1. The summed E-state index contributed by atoms with van der Waals surface area (Å²) in [5.74, 6) is 0.586. The van der Waals surface area contributed by atoms with Gasteiger partial charge in [0.25, 0.3) is 0 Å². The fraction of sp³-hybridized carbons (Fsp3) is 0.368. The summed E-state index contributed by atoms with van der Waals surface area (Å²) >= 11 is 4.58. The van der Waals surface area contributed by atoms with Crippen molar-refractivity contribution in [3.63, 3.8) is 0 Å². The zero-order chi connectivity index (χ0) is 19.0. The monoisotopic (exact) mass is 414 g/mol. The van der Waals surface area contributed by atoms with Gasteiger partial charge in [0, 0.05) is 10.3 Å². The number of hydrogen-bond donors (Lipinski definition) is 1. The van der Waals surface area contributed by atoms with Gasteiger partial charge in [-0.05, 0) is 49.1 Å². The minimum Gasteiger partial charge on any atom is -0.316 e. The smallest absolute Gasteiger partial charge is 0.238 e. The third kappa shape index (κ3) is 3.59. The van der Waals surface area contributed by atoms with Crippen molar-refractivity contribution in [2.24, 2.45) is 5.92 Å². The SMILES string of the molecule is C[C@@H]1CCc2c(sc3ncnc(S[C@@H](C)C(=O)Nc4sccc4C#N)c23)C1. The van der Waals surface area contributed by atoms with E-state index in [-0.39, 0.29) is 11.2 Å². The first-order chi connectivity index (χ1) is 13.1. The van der Waals surface area contributed by atoms with Crippen LogP contribution in [0, 0.1) is 17.2 Å². The highest BCUT2D eigenvalue weighted by atomic mass is 32.2. The molecule has 1 aliphatic carbocycles. The molecule has 0 spiro atoms. The minimum absolute atomic E-state index is 0.122. The maximum atomic E-state index is 12.6. The Morgan fingerprint density at radius 2 is 2.33 bits per heavy atom. The van der Waals surface area contributed by atoms with Crippen molar-refractivity contribution >= 4 is 55.6 Å². The van der Waals surface area contributed by atoms with Gasteiger partial charge in [-0.15, -0.1) is 22.7 Å². The van der Waals surface area contributed by atoms with Crippen LogP contribution in [0.1, 0.15) is 36.3 Å². The van der Waals surface area contributed by atoms with Gasteiger partial charge in [-0.3, -0.25) is 4.79 Å². The van der Waals surface area contributed by atoms with Crippen LogP contribution in [0.4, 0.5) is 5.00 Å². The molecule has 3 aromatic rings. The van der Waals surface area contributed by atoms with Gasteiger partial charge < -0.3 is 5.32 Å². The van der Waals surface area contributed by atoms with Gasteiger partial charge in [0.15, 0.2) is 0 Å². The Labute approximate surface area is 169 Å². The Morgan fingerprint density at radius 3 is 3.15 bits per heavy atom. The van der Waals surface area contributed by atoms with Crippen LogP contribution in [0.5, 0.6) is 0 Å². The van der Waals surface area contributed by atoms with Crippen molar-refractivity contribution in [3.05, 3.63) is 33.8 Å². The fourth-order valence-electron chi connectivity index (χ4n) is 3.26. The quantitative estimate of drug-likeness (QED) is 0.487. The summed E-state index contributed by atoms with van der Waals surface area (Å²) in [6.07, 6.45) is 4.93. The van der Waals surface area contributed by atoms with Crippen LogP contribution < -0.4 is 5.32 Å². The molecule has 0 bridgehead atoms. The number of thioether (sulfide) groups is 1. The second-order valence-electron chi connectivity index (χ2n) is 6.74. The van der Waals surface area contributed by atoms with Gasteiger partial charge in [-0.25, -0.2) is 9.97 Å². The number of nitriles is 1. The molecule has 27 heavy (non-hydrogen) atoms. The van der Waals surface area contributed by atoms with E-state index in [1.807, 2.05) is 6.92 Å². The molecular formula is C19H18N4OS3. The van der Waals surface area contributed by atoms with E-state index in [1.165, 1.54) is 40.0 Å². The van der Waals surface area contributed by atoms with Gasteiger partial charge in [0.2, 0.25) is 5.91 Å². The molecule has 0 aliphatic heterocycles. The fourth-order valence-corrected chi connectivity index (χ4v) is 6.37. The highest BCUT2D eigenvalue weighted by Crippen LogP contribution is 2.41. The molecule has 0 aromatic carbocycles. The van der Waals surface area contributed by atoms with Gasteiger partial charge >= 0.3 is 0 Å². The number of thiophene rings is 2. The Bertz CT molecular complexity index is 1050. The largest absolute Gasteiger partial charge is 0.316 e. The molecule has 3 heterocycles. The maximum absolute atomic E-state index is 12.6. The lowest BCUT2D eigenvalue weighted by Crippen LogP contribution is -2.22.